The lowest BCUT2D eigenvalue weighted by Gasteiger charge is -2.39. The predicted octanol–water partition coefficient (Wildman–Crippen LogP) is 3.04. The molecule has 0 spiro atoms. The van der Waals surface area contributed by atoms with Gasteiger partial charge in [0.05, 0.1) is 17.2 Å². The van der Waals surface area contributed by atoms with Crippen LogP contribution in [0.1, 0.15) is 27.9 Å². The second-order valence-corrected chi connectivity index (χ2v) is 8.93. The highest BCUT2D eigenvalue weighted by Crippen LogP contribution is 2.45. The van der Waals surface area contributed by atoms with Crippen molar-refractivity contribution in [3.63, 3.8) is 0 Å². The number of aromatic carboxylic acids is 1. The number of nitrogens with zero attached hydrogens (tertiary/aromatic N) is 1. The van der Waals surface area contributed by atoms with E-state index >= 15 is 0 Å². The van der Waals surface area contributed by atoms with Gasteiger partial charge in [0.1, 0.15) is 5.82 Å². The zero-order valence-electron chi connectivity index (χ0n) is 18.8. The second-order valence-electron chi connectivity index (χ2n) is 8.93. The van der Waals surface area contributed by atoms with Gasteiger partial charge < -0.3 is 20.5 Å². The highest BCUT2D eigenvalue weighted by atomic mass is 19.1. The number of carbonyl (C=O) groups excluding carboxylic acids is 1. The van der Waals surface area contributed by atoms with E-state index in [0.29, 0.717) is 31.6 Å². The van der Waals surface area contributed by atoms with Crippen molar-refractivity contribution in [2.24, 2.45) is 5.92 Å². The molecule has 3 aromatic rings. The standard InChI is InChI=1S/C26H26FN3O4/c1-30-13-14(25(32)28-9-4-10-31)11-17-15-5-3-8-20-22(15)18(12-21(17)30)24(29-20)23-16(26(33)34)6-2-7-19(23)27/h2-3,5-8,11,14,21,29,31H,4,9-10,12-13H2,1H3,(H,28,32)(H,33,34)/t14-,21-/m1/s1. The van der Waals surface area contributed by atoms with Crippen LogP contribution in [0.5, 0.6) is 0 Å². The Kier molecular flexibility index (Phi) is 5.71. The summed E-state index contributed by atoms with van der Waals surface area (Å²) in [7, 11) is 1.97. The summed E-state index contributed by atoms with van der Waals surface area (Å²) in [6.07, 6.45) is 3.10. The van der Waals surface area contributed by atoms with Gasteiger partial charge in [0.15, 0.2) is 0 Å². The van der Waals surface area contributed by atoms with Crippen LogP contribution in [0.15, 0.2) is 42.5 Å². The van der Waals surface area contributed by atoms with Crippen molar-refractivity contribution in [3.8, 4) is 11.3 Å². The molecule has 34 heavy (non-hydrogen) atoms. The fourth-order valence-corrected chi connectivity index (χ4v) is 5.30. The number of aliphatic hydroxyl groups is 1. The summed E-state index contributed by atoms with van der Waals surface area (Å²) in [5.74, 6) is -2.16. The zero-order chi connectivity index (χ0) is 24.0. The molecule has 0 unspecified atom stereocenters. The van der Waals surface area contributed by atoms with Gasteiger partial charge in [0.2, 0.25) is 5.91 Å². The number of aromatic nitrogens is 1. The van der Waals surface area contributed by atoms with Gasteiger partial charge in [-0.05, 0) is 54.8 Å². The largest absolute Gasteiger partial charge is 0.478 e. The van der Waals surface area contributed by atoms with E-state index in [4.69, 9.17) is 5.11 Å². The van der Waals surface area contributed by atoms with Crippen LogP contribution < -0.4 is 5.32 Å². The van der Waals surface area contributed by atoms with Crippen LogP contribution in [-0.4, -0.2) is 64.8 Å². The normalized spacial score (nSPS) is 19.6. The van der Waals surface area contributed by atoms with Crippen molar-refractivity contribution in [3.05, 3.63) is 65.0 Å². The molecular weight excluding hydrogens is 437 g/mol. The first kappa shape index (κ1) is 22.3. The molecule has 1 aromatic heterocycles. The van der Waals surface area contributed by atoms with Crippen molar-refractivity contribution in [2.75, 3.05) is 26.7 Å². The molecule has 0 saturated heterocycles. The third kappa shape index (κ3) is 3.59. The number of likely N-dealkylation sites (N-methyl/N-ethyl adjacent to an activating group) is 1. The van der Waals surface area contributed by atoms with Crippen molar-refractivity contribution < 1.29 is 24.2 Å². The summed E-state index contributed by atoms with van der Waals surface area (Å²) in [5, 5.41) is 22.5. The molecule has 2 aliphatic rings. The molecule has 2 heterocycles. The molecule has 0 fully saturated rings. The summed E-state index contributed by atoms with van der Waals surface area (Å²) in [5.41, 5.74) is 4.19. The maximum absolute atomic E-state index is 15.0. The van der Waals surface area contributed by atoms with E-state index in [-0.39, 0.29) is 35.6 Å². The first-order valence-corrected chi connectivity index (χ1v) is 11.4. The Morgan fingerprint density at radius 3 is 2.79 bits per heavy atom. The van der Waals surface area contributed by atoms with Crippen LogP contribution >= 0.6 is 0 Å². The first-order chi connectivity index (χ1) is 16.4. The SMILES string of the molecule is CN1C[C@H](C(=O)NCCCO)C=C2c3cccc4[nH]c(-c5c(F)cccc5C(=O)O)c(c34)C[C@H]21. The minimum Gasteiger partial charge on any atom is -0.478 e. The lowest BCUT2D eigenvalue weighted by molar-refractivity contribution is -0.124. The van der Waals surface area contributed by atoms with Crippen LogP contribution in [0.25, 0.3) is 27.7 Å². The third-order valence-corrected chi connectivity index (χ3v) is 6.86. The Bertz CT molecular complexity index is 1330. The molecule has 176 valence electrons. The van der Waals surface area contributed by atoms with E-state index < -0.39 is 11.8 Å². The maximum atomic E-state index is 15.0. The highest BCUT2D eigenvalue weighted by Gasteiger charge is 2.37. The predicted molar refractivity (Wildman–Crippen MR) is 127 cm³/mol. The average Bonchev–Trinajstić information content (AvgIpc) is 3.18. The van der Waals surface area contributed by atoms with Gasteiger partial charge in [0, 0.05) is 42.2 Å². The van der Waals surface area contributed by atoms with Gasteiger partial charge in [-0.2, -0.15) is 0 Å². The summed E-state index contributed by atoms with van der Waals surface area (Å²) in [4.78, 5) is 30.0. The molecule has 4 N–H and O–H groups in total. The lowest BCUT2D eigenvalue weighted by atomic mass is 9.78. The minimum absolute atomic E-state index is 0.0193. The monoisotopic (exact) mass is 463 g/mol. The van der Waals surface area contributed by atoms with Crippen LogP contribution in [0, 0.1) is 11.7 Å². The van der Waals surface area contributed by atoms with Gasteiger partial charge in [-0.1, -0.05) is 24.3 Å². The maximum Gasteiger partial charge on any atom is 0.336 e. The highest BCUT2D eigenvalue weighted by molar-refractivity contribution is 6.05. The minimum atomic E-state index is -1.18. The van der Waals surface area contributed by atoms with E-state index in [0.717, 1.165) is 27.6 Å². The Morgan fingerprint density at radius 1 is 1.24 bits per heavy atom. The van der Waals surface area contributed by atoms with Crippen LogP contribution in [0.3, 0.4) is 0 Å². The summed E-state index contributed by atoms with van der Waals surface area (Å²) >= 11 is 0. The number of halogens is 1. The van der Waals surface area contributed by atoms with Gasteiger partial charge >= 0.3 is 5.97 Å². The van der Waals surface area contributed by atoms with E-state index in [1.165, 1.54) is 18.2 Å². The number of fused-ring (bicyclic) bond motifs is 2. The fraction of sp³-hybridized carbons (Fsp3) is 0.308. The molecule has 1 aliphatic heterocycles. The van der Waals surface area contributed by atoms with Gasteiger partial charge in [-0.15, -0.1) is 0 Å². The van der Waals surface area contributed by atoms with Crippen LogP contribution in [-0.2, 0) is 11.2 Å². The number of nitrogens with one attached hydrogen (secondary N) is 2. The smallest absolute Gasteiger partial charge is 0.336 e. The Morgan fingerprint density at radius 2 is 2.03 bits per heavy atom. The van der Waals surface area contributed by atoms with Crippen molar-refractivity contribution >= 4 is 28.4 Å². The number of benzene rings is 2. The Hall–Kier alpha value is -3.49. The van der Waals surface area contributed by atoms with Crippen LogP contribution in [0.2, 0.25) is 0 Å². The molecular formula is C26H26FN3O4. The van der Waals surface area contributed by atoms with Gasteiger partial charge in [0.25, 0.3) is 0 Å². The zero-order valence-corrected chi connectivity index (χ0v) is 18.8. The lowest BCUT2D eigenvalue weighted by Crippen LogP contribution is -2.46. The molecule has 5 rings (SSSR count). The summed E-state index contributed by atoms with van der Waals surface area (Å²) < 4.78 is 15.0. The number of amides is 1. The number of carbonyl (C=O) groups is 2. The van der Waals surface area contributed by atoms with E-state index in [9.17, 15) is 19.1 Å². The Labute approximate surface area is 195 Å². The number of rotatable bonds is 6. The molecule has 1 aliphatic carbocycles. The van der Waals surface area contributed by atoms with Crippen molar-refractivity contribution in [2.45, 2.75) is 18.9 Å². The Balaban J connectivity index is 1.64. The molecule has 8 heteroatoms. The molecule has 2 atom stereocenters. The topological polar surface area (TPSA) is 106 Å². The number of carboxylic acids is 1. The number of carboxylic acid groups (broad SMARTS) is 1. The number of hydrogen-bond acceptors (Lipinski definition) is 4. The van der Waals surface area contributed by atoms with Crippen LogP contribution in [0.4, 0.5) is 4.39 Å². The van der Waals surface area contributed by atoms with E-state index in [1.807, 2.05) is 31.3 Å². The molecule has 7 nitrogen and oxygen atoms in total. The summed E-state index contributed by atoms with van der Waals surface area (Å²) in [6.45, 7) is 0.988. The van der Waals surface area contributed by atoms with Crippen molar-refractivity contribution in [1.82, 2.24) is 15.2 Å². The molecule has 1 amide bonds. The van der Waals surface area contributed by atoms with E-state index in [2.05, 4.69) is 15.2 Å². The molecule has 0 radical (unpaired) electrons. The third-order valence-electron chi connectivity index (χ3n) is 6.86. The van der Waals surface area contributed by atoms with Gasteiger partial charge in [-0.25, -0.2) is 9.18 Å². The number of aromatic amines is 1. The average molecular weight is 464 g/mol. The molecule has 2 aromatic carbocycles. The fourth-order valence-electron chi connectivity index (χ4n) is 5.30. The first-order valence-electron chi connectivity index (χ1n) is 11.4. The number of hydrogen-bond donors (Lipinski definition) is 4. The molecule has 0 bridgehead atoms. The number of aliphatic hydroxyl groups excluding tert-OH is 1. The van der Waals surface area contributed by atoms with E-state index in [1.54, 1.807) is 0 Å². The second kappa shape index (κ2) is 8.70. The summed E-state index contributed by atoms with van der Waals surface area (Å²) in [6, 6.07) is 9.90. The van der Waals surface area contributed by atoms with Crippen molar-refractivity contribution in [1.29, 1.82) is 0 Å². The quantitative estimate of drug-likeness (QED) is 0.421. The van der Waals surface area contributed by atoms with Gasteiger partial charge in [-0.3, -0.25) is 9.69 Å². The molecule has 0 saturated carbocycles. The number of H-pyrrole nitrogens is 1.